The molecule has 0 bridgehead atoms. The Bertz CT molecular complexity index is 524. The van der Waals surface area contributed by atoms with Crippen LogP contribution in [-0.2, 0) is 0 Å². The Hall–Kier alpha value is -2.16. The molecule has 0 amide bonds. The molecule has 0 atom stereocenters. The topological polar surface area (TPSA) is 35.0 Å². The van der Waals surface area contributed by atoms with Gasteiger partial charge in [-0.2, -0.15) is 0 Å². The molecule has 3 nitrogen and oxygen atoms in total. The molecule has 2 aliphatic carbocycles. The summed E-state index contributed by atoms with van der Waals surface area (Å²) >= 11 is 0. The van der Waals surface area contributed by atoms with Crippen LogP contribution in [0.4, 0.5) is 0 Å². The van der Waals surface area contributed by atoms with Crippen molar-refractivity contribution >= 4 is 0 Å². The van der Waals surface area contributed by atoms with Crippen molar-refractivity contribution < 1.29 is 4.74 Å². The first-order chi connectivity index (χ1) is 7.93. The molecule has 0 fully saturated rings. The molecule has 1 aromatic heterocycles. The highest BCUT2D eigenvalue weighted by molar-refractivity contribution is 5.58. The third-order valence-electron chi connectivity index (χ3n) is 2.50. The van der Waals surface area contributed by atoms with Crippen molar-refractivity contribution in [1.29, 1.82) is 0 Å². The Morgan fingerprint density at radius 2 is 2.00 bits per heavy atom. The smallest absolute Gasteiger partial charge is 0.321 e. The zero-order chi connectivity index (χ0) is 10.8. The maximum atomic E-state index is 5.66. The molecule has 0 spiro atoms. The second-order valence-electron chi connectivity index (χ2n) is 3.54. The van der Waals surface area contributed by atoms with Gasteiger partial charge in [0.1, 0.15) is 5.76 Å². The standard InChI is InChI=1S/C13H10N2O/c1-4-10-5-2-7-12(11(10)6-1)16-13-14-8-3-9-15-13/h1,3-9H,2H2. The summed E-state index contributed by atoms with van der Waals surface area (Å²) in [5.41, 5.74) is 2.33. The lowest BCUT2D eigenvalue weighted by molar-refractivity contribution is 0.399. The summed E-state index contributed by atoms with van der Waals surface area (Å²) in [5, 5.41) is 0. The fraction of sp³-hybridized carbons (Fsp3) is 0.0769. The lowest BCUT2D eigenvalue weighted by atomic mass is 10.0. The fourth-order valence-electron chi connectivity index (χ4n) is 1.77. The minimum Gasteiger partial charge on any atom is -0.424 e. The van der Waals surface area contributed by atoms with Gasteiger partial charge in [0.2, 0.25) is 0 Å². The van der Waals surface area contributed by atoms with Gasteiger partial charge in [0, 0.05) is 18.0 Å². The normalized spacial score (nSPS) is 17.4. The number of ether oxygens (including phenoxy) is 1. The predicted octanol–water partition coefficient (Wildman–Crippen LogP) is 2.57. The predicted molar refractivity (Wildman–Crippen MR) is 60.7 cm³/mol. The van der Waals surface area contributed by atoms with Gasteiger partial charge in [0.05, 0.1) is 0 Å². The van der Waals surface area contributed by atoms with Crippen molar-refractivity contribution in [3.05, 3.63) is 65.7 Å². The number of hydrogen-bond donors (Lipinski definition) is 0. The summed E-state index contributed by atoms with van der Waals surface area (Å²) in [4.78, 5) is 8.09. The molecule has 1 aromatic rings. The van der Waals surface area contributed by atoms with Crippen LogP contribution in [0.5, 0.6) is 6.01 Å². The first-order valence-electron chi connectivity index (χ1n) is 5.18. The van der Waals surface area contributed by atoms with E-state index < -0.39 is 0 Å². The molecule has 0 radical (unpaired) electrons. The zero-order valence-electron chi connectivity index (χ0n) is 8.63. The van der Waals surface area contributed by atoms with Gasteiger partial charge in [0.15, 0.2) is 0 Å². The minimum absolute atomic E-state index is 0.391. The van der Waals surface area contributed by atoms with Crippen molar-refractivity contribution in [2.75, 3.05) is 0 Å². The maximum absolute atomic E-state index is 5.66. The molecule has 3 rings (SSSR count). The van der Waals surface area contributed by atoms with Gasteiger partial charge in [-0.3, -0.25) is 0 Å². The van der Waals surface area contributed by atoms with Gasteiger partial charge in [-0.05, 0) is 24.1 Å². The van der Waals surface area contributed by atoms with Crippen LogP contribution in [0, 0.1) is 0 Å². The van der Waals surface area contributed by atoms with Gasteiger partial charge in [-0.1, -0.05) is 24.3 Å². The third-order valence-corrected chi connectivity index (χ3v) is 2.50. The van der Waals surface area contributed by atoms with E-state index in [4.69, 9.17) is 4.74 Å². The Morgan fingerprint density at radius 1 is 1.12 bits per heavy atom. The van der Waals surface area contributed by atoms with E-state index in [-0.39, 0.29) is 0 Å². The van der Waals surface area contributed by atoms with E-state index in [2.05, 4.69) is 22.1 Å². The molecule has 2 aliphatic rings. The first-order valence-corrected chi connectivity index (χ1v) is 5.18. The monoisotopic (exact) mass is 210 g/mol. The first kappa shape index (κ1) is 9.09. The maximum Gasteiger partial charge on any atom is 0.321 e. The van der Waals surface area contributed by atoms with E-state index in [0.717, 1.165) is 17.8 Å². The molecule has 0 unspecified atom stereocenters. The second-order valence-corrected chi connectivity index (χ2v) is 3.54. The van der Waals surface area contributed by atoms with E-state index in [1.54, 1.807) is 18.5 Å². The number of rotatable bonds is 2. The van der Waals surface area contributed by atoms with Gasteiger partial charge < -0.3 is 4.74 Å². The number of hydrogen-bond acceptors (Lipinski definition) is 3. The van der Waals surface area contributed by atoms with Crippen LogP contribution in [0.25, 0.3) is 0 Å². The van der Waals surface area contributed by atoms with Crippen LogP contribution in [0.2, 0.25) is 0 Å². The Labute approximate surface area is 93.5 Å². The van der Waals surface area contributed by atoms with Gasteiger partial charge in [-0.15, -0.1) is 0 Å². The molecule has 0 saturated heterocycles. The van der Waals surface area contributed by atoms with Crippen molar-refractivity contribution in [2.24, 2.45) is 0 Å². The molecule has 0 aliphatic heterocycles. The van der Waals surface area contributed by atoms with E-state index in [9.17, 15) is 0 Å². The van der Waals surface area contributed by atoms with Gasteiger partial charge >= 0.3 is 6.01 Å². The van der Waals surface area contributed by atoms with Crippen LogP contribution < -0.4 is 4.74 Å². The van der Waals surface area contributed by atoms with Gasteiger partial charge in [-0.25, -0.2) is 9.97 Å². The summed E-state index contributed by atoms with van der Waals surface area (Å²) in [5.74, 6) is 0.841. The van der Waals surface area contributed by atoms with Crippen molar-refractivity contribution in [3.63, 3.8) is 0 Å². The van der Waals surface area contributed by atoms with Gasteiger partial charge in [0.25, 0.3) is 0 Å². The third kappa shape index (κ3) is 1.56. The highest BCUT2D eigenvalue weighted by atomic mass is 16.5. The molecular weight excluding hydrogens is 200 g/mol. The number of allylic oxidation sites excluding steroid dienone is 6. The lowest BCUT2D eigenvalue weighted by Gasteiger charge is -2.14. The average molecular weight is 210 g/mol. The Balaban J connectivity index is 1.85. The van der Waals surface area contributed by atoms with E-state index in [0.29, 0.717) is 6.01 Å². The molecule has 0 saturated carbocycles. The highest BCUT2D eigenvalue weighted by Gasteiger charge is 2.17. The van der Waals surface area contributed by atoms with Crippen molar-refractivity contribution in [3.8, 4) is 6.01 Å². The Kier molecular flexibility index (Phi) is 2.14. The molecular formula is C13H10N2O. The van der Waals surface area contributed by atoms with Crippen LogP contribution >= 0.6 is 0 Å². The molecule has 3 heteroatoms. The fourth-order valence-corrected chi connectivity index (χ4v) is 1.77. The van der Waals surface area contributed by atoms with Crippen molar-refractivity contribution in [1.82, 2.24) is 9.97 Å². The number of aromatic nitrogens is 2. The number of fused-ring (bicyclic) bond motifs is 1. The summed E-state index contributed by atoms with van der Waals surface area (Å²) in [6, 6.07) is 2.16. The molecule has 78 valence electrons. The zero-order valence-corrected chi connectivity index (χ0v) is 8.63. The molecule has 1 heterocycles. The average Bonchev–Trinajstić information content (AvgIpc) is 2.80. The van der Waals surface area contributed by atoms with Crippen LogP contribution in [0.15, 0.2) is 65.7 Å². The largest absolute Gasteiger partial charge is 0.424 e. The summed E-state index contributed by atoms with van der Waals surface area (Å²) < 4.78 is 5.66. The van der Waals surface area contributed by atoms with Crippen LogP contribution in [0.3, 0.4) is 0 Å². The number of nitrogens with zero attached hydrogens (tertiary/aromatic N) is 2. The SMILES string of the molecule is C1=CC2=CCC=C(Oc3ncccn3)C2=C1. The summed E-state index contributed by atoms with van der Waals surface area (Å²) in [6.07, 6.45) is 14.6. The second kappa shape index (κ2) is 3.77. The Morgan fingerprint density at radius 3 is 2.88 bits per heavy atom. The summed E-state index contributed by atoms with van der Waals surface area (Å²) in [7, 11) is 0. The molecule has 0 aromatic carbocycles. The quantitative estimate of drug-likeness (QED) is 0.752. The van der Waals surface area contributed by atoms with E-state index in [1.807, 2.05) is 18.2 Å². The highest BCUT2D eigenvalue weighted by Crippen LogP contribution is 2.30. The van der Waals surface area contributed by atoms with Crippen molar-refractivity contribution in [2.45, 2.75) is 6.42 Å². The molecule has 0 N–H and O–H groups in total. The van der Waals surface area contributed by atoms with Crippen LogP contribution in [0.1, 0.15) is 6.42 Å². The van der Waals surface area contributed by atoms with Crippen LogP contribution in [-0.4, -0.2) is 9.97 Å². The lowest BCUT2D eigenvalue weighted by Crippen LogP contribution is -2.04. The minimum atomic E-state index is 0.391. The molecule has 16 heavy (non-hydrogen) atoms. The summed E-state index contributed by atoms with van der Waals surface area (Å²) in [6.45, 7) is 0. The van der Waals surface area contributed by atoms with E-state index in [1.165, 1.54) is 5.57 Å². The van der Waals surface area contributed by atoms with E-state index >= 15 is 0 Å².